The van der Waals surface area contributed by atoms with E-state index in [-0.39, 0.29) is 0 Å². The number of nitrogens with zero attached hydrogens (tertiary/aromatic N) is 4. The number of nitrogens with two attached hydrogens (primary N) is 1. The van der Waals surface area contributed by atoms with E-state index in [1.165, 1.54) is 12.8 Å². The zero-order chi connectivity index (χ0) is 12.7. The highest BCUT2D eigenvalue weighted by Crippen LogP contribution is 2.38. The first-order chi connectivity index (χ1) is 8.63. The van der Waals surface area contributed by atoms with Gasteiger partial charge in [-0.25, -0.2) is 14.6 Å². The van der Waals surface area contributed by atoms with Crippen LogP contribution in [0.15, 0.2) is 18.3 Å². The van der Waals surface area contributed by atoms with E-state index in [1.807, 2.05) is 12.3 Å². The lowest BCUT2D eigenvalue weighted by molar-refractivity contribution is 0.749. The first-order valence-corrected chi connectivity index (χ1v) is 6.34. The molecular weight excluding hydrogens is 226 g/mol. The van der Waals surface area contributed by atoms with Gasteiger partial charge in [-0.3, -0.25) is 0 Å². The Balaban J connectivity index is 1.99. The molecule has 0 amide bonds. The lowest BCUT2D eigenvalue weighted by Crippen LogP contribution is -2.06. The van der Waals surface area contributed by atoms with Gasteiger partial charge in [-0.05, 0) is 24.8 Å². The third-order valence-electron chi connectivity index (χ3n) is 3.13. The number of nitrogen functional groups attached to an aromatic ring is 1. The van der Waals surface area contributed by atoms with Crippen LogP contribution in [0, 0.1) is 0 Å². The zero-order valence-corrected chi connectivity index (χ0v) is 10.7. The molecule has 1 aliphatic carbocycles. The molecule has 0 aliphatic heterocycles. The van der Waals surface area contributed by atoms with Gasteiger partial charge in [0, 0.05) is 18.2 Å². The van der Waals surface area contributed by atoms with E-state index < -0.39 is 0 Å². The van der Waals surface area contributed by atoms with Gasteiger partial charge in [-0.2, -0.15) is 5.10 Å². The maximum absolute atomic E-state index is 5.84. The third-order valence-corrected chi connectivity index (χ3v) is 3.13. The van der Waals surface area contributed by atoms with Gasteiger partial charge >= 0.3 is 0 Å². The molecule has 0 saturated heterocycles. The number of hydrogen-bond acceptors (Lipinski definition) is 4. The van der Waals surface area contributed by atoms with Gasteiger partial charge in [-0.15, -0.1) is 0 Å². The van der Waals surface area contributed by atoms with Crippen LogP contribution in [0.25, 0.3) is 5.82 Å². The van der Waals surface area contributed by atoms with Crippen LogP contribution in [0.5, 0.6) is 0 Å². The van der Waals surface area contributed by atoms with Gasteiger partial charge in [-0.1, -0.05) is 13.8 Å². The number of aromatic nitrogens is 4. The summed E-state index contributed by atoms with van der Waals surface area (Å²) >= 11 is 0. The molecule has 3 rings (SSSR count). The number of anilines is 1. The number of hydrogen-bond donors (Lipinski definition) is 1. The molecule has 2 aromatic rings. The normalized spacial score (nSPS) is 15.3. The summed E-state index contributed by atoms with van der Waals surface area (Å²) in [7, 11) is 0. The lowest BCUT2D eigenvalue weighted by Gasteiger charge is -2.05. The highest BCUT2D eigenvalue weighted by atomic mass is 15.3. The van der Waals surface area contributed by atoms with Crippen LogP contribution >= 0.6 is 0 Å². The Morgan fingerprint density at radius 2 is 2.11 bits per heavy atom. The van der Waals surface area contributed by atoms with Crippen molar-refractivity contribution in [2.24, 2.45) is 0 Å². The third kappa shape index (κ3) is 2.08. The summed E-state index contributed by atoms with van der Waals surface area (Å²) in [5.41, 5.74) is 6.89. The fourth-order valence-electron chi connectivity index (χ4n) is 1.89. The Morgan fingerprint density at radius 1 is 1.33 bits per heavy atom. The minimum Gasteiger partial charge on any atom is -0.384 e. The maximum Gasteiger partial charge on any atom is 0.159 e. The fraction of sp³-hybridized carbons (Fsp3) is 0.462. The number of rotatable bonds is 3. The van der Waals surface area contributed by atoms with Crippen LogP contribution in [0.3, 0.4) is 0 Å². The molecule has 2 heterocycles. The second kappa shape index (κ2) is 4.08. The average molecular weight is 243 g/mol. The van der Waals surface area contributed by atoms with E-state index in [0.717, 1.165) is 17.3 Å². The molecule has 0 bridgehead atoms. The van der Waals surface area contributed by atoms with Crippen molar-refractivity contribution < 1.29 is 0 Å². The maximum atomic E-state index is 5.84. The smallest absolute Gasteiger partial charge is 0.159 e. The van der Waals surface area contributed by atoms with Crippen molar-refractivity contribution in [2.75, 3.05) is 5.73 Å². The van der Waals surface area contributed by atoms with Gasteiger partial charge in [0.15, 0.2) is 5.82 Å². The largest absolute Gasteiger partial charge is 0.384 e. The van der Waals surface area contributed by atoms with Crippen molar-refractivity contribution in [1.29, 1.82) is 0 Å². The highest BCUT2D eigenvalue weighted by Gasteiger charge is 2.27. The minimum absolute atomic E-state index is 0.410. The molecule has 1 aliphatic rings. The summed E-state index contributed by atoms with van der Waals surface area (Å²) in [6.07, 6.45) is 4.26. The second-order valence-electron chi connectivity index (χ2n) is 5.12. The van der Waals surface area contributed by atoms with E-state index in [2.05, 4.69) is 28.9 Å². The summed E-state index contributed by atoms with van der Waals surface area (Å²) in [4.78, 5) is 8.84. The van der Waals surface area contributed by atoms with E-state index in [9.17, 15) is 0 Å². The molecule has 0 unspecified atom stereocenters. The summed E-state index contributed by atoms with van der Waals surface area (Å²) in [6, 6.07) is 3.78. The second-order valence-corrected chi connectivity index (χ2v) is 5.12. The Morgan fingerprint density at radius 3 is 2.72 bits per heavy atom. The van der Waals surface area contributed by atoms with Gasteiger partial charge in [0.25, 0.3) is 0 Å². The molecule has 2 aromatic heterocycles. The van der Waals surface area contributed by atoms with Crippen molar-refractivity contribution in [2.45, 2.75) is 38.5 Å². The van der Waals surface area contributed by atoms with E-state index in [1.54, 1.807) is 10.7 Å². The van der Waals surface area contributed by atoms with Gasteiger partial charge in [0.05, 0.1) is 5.69 Å². The van der Waals surface area contributed by atoms with Crippen LogP contribution < -0.4 is 5.73 Å². The van der Waals surface area contributed by atoms with Gasteiger partial charge in [0.1, 0.15) is 11.6 Å². The zero-order valence-electron chi connectivity index (χ0n) is 10.7. The predicted octanol–water partition coefficient (Wildman–Crippen LogP) is 2.25. The Labute approximate surface area is 106 Å². The van der Waals surface area contributed by atoms with Crippen LogP contribution in [-0.2, 0) is 0 Å². The Kier molecular flexibility index (Phi) is 2.54. The summed E-state index contributed by atoms with van der Waals surface area (Å²) in [6.45, 7) is 4.24. The molecule has 94 valence electrons. The predicted molar refractivity (Wildman–Crippen MR) is 69.6 cm³/mol. The van der Waals surface area contributed by atoms with Crippen molar-refractivity contribution in [1.82, 2.24) is 19.7 Å². The van der Waals surface area contributed by atoms with E-state index >= 15 is 0 Å². The van der Waals surface area contributed by atoms with Crippen molar-refractivity contribution >= 4 is 5.82 Å². The summed E-state index contributed by atoms with van der Waals surface area (Å²) < 4.78 is 1.78. The fourth-order valence-corrected chi connectivity index (χ4v) is 1.89. The molecule has 18 heavy (non-hydrogen) atoms. The summed E-state index contributed by atoms with van der Waals surface area (Å²) in [5, 5.41) is 4.51. The molecular formula is C13H17N5. The van der Waals surface area contributed by atoms with Crippen molar-refractivity contribution in [3.8, 4) is 5.82 Å². The molecule has 0 aromatic carbocycles. The van der Waals surface area contributed by atoms with Crippen LogP contribution in [0.2, 0.25) is 0 Å². The van der Waals surface area contributed by atoms with E-state index in [4.69, 9.17) is 5.73 Å². The Bertz CT molecular complexity index is 569. The Hall–Kier alpha value is -1.91. The molecule has 0 radical (unpaired) electrons. The average Bonchev–Trinajstić information content (AvgIpc) is 3.05. The van der Waals surface area contributed by atoms with Crippen LogP contribution in [0.4, 0.5) is 5.82 Å². The SMILES string of the molecule is CC(C)c1ccn(-c2cc(N)nc(C3CC3)n2)n1. The van der Waals surface area contributed by atoms with Gasteiger partial charge < -0.3 is 5.73 Å². The van der Waals surface area contributed by atoms with Crippen molar-refractivity contribution in [3.63, 3.8) is 0 Å². The van der Waals surface area contributed by atoms with E-state index in [0.29, 0.717) is 17.7 Å². The van der Waals surface area contributed by atoms with Crippen LogP contribution in [-0.4, -0.2) is 19.7 Å². The molecule has 5 heteroatoms. The first-order valence-electron chi connectivity index (χ1n) is 6.34. The molecule has 1 saturated carbocycles. The minimum atomic E-state index is 0.410. The van der Waals surface area contributed by atoms with Crippen molar-refractivity contribution in [3.05, 3.63) is 29.8 Å². The topological polar surface area (TPSA) is 69.6 Å². The monoisotopic (exact) mass is 243 g/mol. The van der Waals surface area contributed by atoms with Gasteiger partial charge in [0.2, 0.25) is 0 Å². The molecule has 0 spiro atoms. The molecule has 5 nitrogen and oxygen atoms in total. The molecule has 0 atom stereocenters. The lowest BCUT2D eigenvalue weighted by atomic mass is 10.1. The highest BCUT2D eigenvalue weighted by molar-refractivity contribution is 5.38. The first kappa shape index (κ1) is 11.2. The molecule has 1 fully saturated rings. The summed E-state index contributed by atoms with van der Waals surface area (Å²) in [5.74, 6) is 3.03. The quantitative estimate of drug-likeness (QED) is 0.897. The molecule has 2 N–H and O–H groups in total. The standard InChI is InChI=1S/C13H17N5/c1-8(2)10-5-6-18(17-10)12-7-11(14)15-13(16-12)9-3-4-9/h5-9H,3-4H2,1-2H3,(H2,14,15,16). The van der Waals surface area contributed by atoms with Crippen LogP contribution in [0.1, 0.15) is 50.0 Å².